The maximum absolute atomic E-state index is 5.76. The first-order valence-electron chi connectivity index (χ1n) is 5.47. The first kappa shape index (κ1) is 11.0. The lowest BCUT2D eigenvalue weighted by atomic mass is 10.1. The van der Waals surface area contributed by atoms with Gasteiger partial charge in [0.25, 0.3) is 0 Å². The molecule has 2 rings (SSSR count). The van der Waals surface area contributed by atoms with Crippen molar-refractivity contribution >= 4 is 0 Å². The van der Waals surface area contributed by atoms with Crippen molar-refractivity contribution in [2.75, 3.05) is 0 Å². The summed E-state index contributed by atoms with van der Waals surface area (Å²) in [4.78, 5) is 0. The molecule has 1 unspecified atom stereocenters. The fourth-order valence-electron chi connectivity index (χ4n) is 1.59. The van der Waals surface area contributed by atoms with Crippen LogP contribution < -0.4 is 0 Å². The maximum atomic E-state index is 5.76. The van der Waals surface area contributed by atoms with Gasteiger partial charge in [0.1, 0.15) is 11.9 Å². The van der Waals surface area contributed by atoms with Gasteiger partial charge in [-0.15, -0.1) is 0 Å². The van der Waals surface area contributed by atoms with E-state index in [-0.39, 0.29) is 6.10 Å². The van der Waals surface area contributed by atoms with E-state index < -0.39 is 0 Å². The molecule has 2 heteroatoms. The van der Waals surface area contributed by atoms with Gasteiger partial charge in [-0.05, 0) is 37.1 Å². The number of rotatable bonds is 4. The van der Waals surface area contributed by atoms with Crippen LogP contribution in [0, 0.1) is 6.92 Å². The van der Waals surface area contributed by atoms with Crippen LogP contribution in [-0.2, 0) is 11.3 Å². The van der Waals surface area contributed by atoms with E-state index in [1.54, 1.807) is 6.26 Å². The molecule has 0 saturated heterocycles. The topological polar surface area (TPSA) is 22.4 Å². The zero-order valence-electron chi connectivity index (χ0n) is 9.64. The molecule has 0 N–H and O–H groups in total. The minimum Gasteiger partial charge on any atom is -0.467 e. The lowest BCUT2D eigenvalue weighted by Gasteiger charge is -2.11. The third-order valence-corrected chi connectivity index (χ3v) is 2.69. The highest BCUT2D eigenvalue weighted by Crippen LogP contribution is 2.19. The van der Waals surface area contributed by atoms with Crippen molar-refractivity contribution in [2.24, 2.45) is 0 Å². The van der Waals surface area contributed by atoms with Crippen LogP contribution in [0.15, 0.2) is 47.1 Å². The molecule has 1 aromatic carbocycles. The zero-order valence-corrected chi connectivity index (χ0v) is 9.64. The van der Waals surface area contributed by atoms with Gasteiger partial charge in [0.2, 0.25) is 0 Å². The van der Waals surface area contributed by atoms with Crippen molar-refractivity contribution in [3.8, 4) is 0 Å². The van der Waals surface area contributed by atoms with Gasteiger partial charge in [-0.1, -0.05) is 24.3 Å². The van der Waals surface area contributed by atoms with Crippen LogP contribution in [0.2, 0.25) is 0 Å². The lowest BCUT2D eigenvalue weighted by Crippen LogP contribution is -2.00. The number of ether oxygens (including phenoxy) is 1. The Balaban J connectivity index is 1.95. The van der Waals surface area contributed by atoms with Crippen LogP contribution in [-0.4, -0.2) is 0 Å². The molecule has 0 radical (unpaired) electrons. The summed E-state index contributed by atoms with van der Waals surface area (Å²) < 4.78 is 11.0. The molecule has 1 heterocycles. The van der Waals surface area contributed by atoms with Crippen LogP contribution in [0.5, 0.6) is 0 Å². The molecule has 0 aliphatic heterocycles. The third kappa shape index (κ3) is 2.52. The van der Waals surface area contributed by atoms with Gasteiger partial charge in [0.05, 0.1) is 12.9 Å². The van der Waals surface area contributed by atoms with Gasteiger partial charge < -0.3 is 9.15 Å². The second kappa shape index (κ2) is 4.99. The molecule has 0 amide bonds. The van der Waals surface area contributed by atoms with Crippen molar-refractivity contribution in [1.29, 1.82) is 0 Å². The minimum absolute atomic E-state index is 0.00499. The summed E-state index contributed by atoms with van der Waals surface area (Å²) in [6.07, 6.45) is 1.66. The fraction of sp³-hybridized carbons (Fsp3) is 0.286. The van der Waals surface area contributed by atoms with E-state index in [4.69, 9.17) is 9.15 Å². The Morgan fingerprint density at radius 2 is 2.00 bits per heavy atom. The first-order chi connectivity index (χ1) is 7.77. The highest BCUT2D eigenvalue weighted by Gasteiger charge is 2.08. The monoisotopic (exact) mass is 216 g/mol. The Morgan fingerprint density at radius 3 is 2.69 bits per heavy atom. The predicted molar refractivity (Wildman–Crippen MR) is 63.1 cm³/mol. The average Bonchev–Trinajstić information content (AvgIpc) is 2.81. The molecule has 0 aliphatic carbocycles. The van der Waals surface area contributed by atoms with Crippen LogP contribution in [0.3, 0.4) is 0 Å². The molecule has 1 aromatic heterocycles. The summed E-state index contributed by atoms with van der Waals surface area (Å²) in [5, 5.41) is 0. The molecular weight excluding hydrogens is 200 g/mol. The molecule has 0 spiro atoms. The second-order valence-corrected chi connectivity index (χ2v) is 3.90. The number of furan rings is 1. The number of benzene rings is 1. The van der Waals surface area contributed by atoms with Crippen LogP contribution in [0.25, 0.3) is 0 Å². The zero-order chi connectivity index (χ0) is 11.4. The van der Waals surface area contributed by atoms with Crippen molar-refractivity contribution < 1.29 is 9.15 Å². The first-order valence-corrected chi connectivity index (χ1v) is 5.47. The summed E-state index contributed by atoms with van der Waals surface area (Å²) in [6, 6.07) is 12.1. The Hall–Kier alpha value is -1.54. The van der Waals surface area contributed by atoms with Crippen molar-refractivity contribution in [2.45, 2.75) is 26.6 Å². The second-order valence-electron chi connectivity index (χ2n) is 3.90. The highest BCUT2D eigenvalue weighted by molar-refractivity contribution is 5.24. The van der Waals surface area contributed by atoms with E-state index in [1.165, 1.54) is 11.1 Å². The van der Waals surface area contributed by atoms with E-state index in [2.05, 4.69) is 19.1 Å². The van der Waals surface area contributed by atoms with Gasteiger partial charge in [-0.25, -0.2) is 0 Å². The molecule has 2 aromatic rings. The molecule has 0 fully saturated rings. The number of hydrogen-bond acceptors (Lipinski definition) is 2. The minimum atomic E-state index is -0.00499. The normalized spacial score (nSPS) is 12.6. The molecule has 1 atom stereocenters. The van der Waals surface area contributed by atoms with Gasteiger partial charge >= 0.3 is 0 Å². The summed E-state index contributed by atoms with van der Waals surface area (Å²) in [5.74, 6) is 0.869. The number of hydrogen-bond donors (Lipinski definition) is 0. The average molecular weight is 216 g/mol. The van der Waals surface area contributed by atoms with Gasteiger partial charge in [0.15, 0.2) is 0 Å². The Morgan fingerprint density at radius 1 is 1.19 bits per heavy atom. The highest BCUT2D eigenvalue weighted by atomic mass is 16.5. The van der Waals surface area contributed by atoms with E-state index in [9.17, 15) is 0 Å². The van der Waals surface area contributed by atoms with Crippen molar-refractivity contribution in [1.82, 2.24) is 0 Å². The largest absolute Gasteiger partial charge is 0.467 e. The summed E-state index contributed by atoms with van der Waals surface area (Å²) >= 11 is 0. The quantitative estimate of drug-likeness (QED) is 0.774. The fourth-order valence-corrected chi connectivity index (χ4v) is 1.59. The predicted octanol–water partition coefficient (Wildman–Crippen LogP) is 3.87. The van der Waals surface area contributed by atoms with E-state index in [0.717, 1.165) is 5.76 Å². The molecule has 2 nitrogen and oxygen atoms in total. The van der Waals surface area contributed by atoms with Crippen molar-refractivity contribution in [3.05, 3.63) is 59.5 Å². The van der Waals surface area contributed by atoms with Crippen LogP contribution >= 0.6 is 0 Å². The Kier molecular flexibility index (Phi) is 3.42. The summed E-state index contributed by atoms with van der Waals surface area (Å²) in [5.41, 5.74) is 2.48. The van der Waals surface area contributed by atoms with Crippen LogP contribution in [0.4, 0.5) is 0 Å². The summed E-state index contributed by atoms with van der Waals surface area (Å²) in [6.45, 7) is 4.71. The molecule has 0 saturated carbocycles. The smallest absolute Gasteiger partial charge is 0.132 e. The Bertz CT molecular complexity index is 432. The van der Waals surface area contributed by atoms with Gasteiger partial charge in [-0.3, -0.25) is 0 Å². The molecule has 84 valence electrons. The molecular formula is C14H16O2. The molecule has 0 aliphatic rings. The van der Waals surface area contributed by atoms with Gasteiger partial charge in [0, 0.05) is 0 Å². The van der Waals surface area contributed by atoms with E-state index in [1.807, 2.05) is 31.2 Å². The lowest BCUT2D eigenvalue weighted by molar-refractivity contribution is 0.0379. The number of aryl methyl sites for hydroxylation is 1. The summed E-state index contributed by atoms with van der Waals surface area (Å²) in [7, 11) is 0. The third-order valence-electron chi connectivity index (χ3n) is 2.69. The van der Waals surface area contributed by atoms with Crippen LogP contribution in [0.1, 0.15) is 29.9 Å². The maximum Gasteiger partial charge on any atom is 0.132 e. The van der Waals surface area contributed by atoms with Crippen molar-refractivity contribution in [3.63, 3.8) is 0 Å². The Labute approximate surface area is 95.9 Å². The standard InChI is InChI=1S/C14H16O2/c1-11-6-3-4-7-13(11)10-16-12(2)14-8-5-9-15-14/h3-9,12H,10H2,1-2H3. The van der Waals surface area contributed by atoms with E-state index in [0.29, 0.717) is 6.61 Å². The van der Waals surface area contributed by atoms with E-state index >= 15 is 0 Å². The molecule has 16 heavy (non-hydrogen) atoms. The van der Waals surface area contributed by atoms with Gasteiger partial charge in [-0.2, -0.15) is 0 Å². The molecule has 0 bridgehead atoms. The SMILES string of the molecule is Cc1ccccc1COC(C)c1ccco1.